The number of hydrogen-bond donors (Lipinski definition) is 0. The molecule has 0 unspecified atom stereocenters. The van der Waals surface area contributed by atoms with E-state index in [4.69, 9.17) is 6.42 Å². The molecule has 0 fully saturated rings. The van der Waals surface area contributed by atoms with Gasteiger partial charge in [0.15, 0.2) is 0 Å². The van der Waals surface area contributed by atoms with Crippen LogP contribution in [-0.2, 0) is 0 Å². The largest absolute Gasteiger partial charge is 0.115 e. The lowest BCUT2D eigenvalue weighted by molar-refractivity contribution is 1.37. The molecule has 0 saturated heterocycles. The molecule has 0 N–H and O–H groups in total. The van der Waals surface area contributed by atoms with Crippen molar-refractivity contribution in [3.8, 4) is 24.2 Å². The van der Waals surface area contributed by atoms with Crippen molar-refractivity contribution in [3.05, 3.63) is 118 Å². The molecule has 0 bridgehead atoms. The molecule has 3 rings (SSSR count). The van der Waals surface area contributed by atoms with E-state index in [1.165, 1.54) is 0 Å². The molecule has 0 aliphatic rings. The van der Waals surface area contributed by atoms with Gasteiger partial charge in [0, 0.05) is 16.7 Å². The van der Waals surface area contributed by atoms with Crippen LogP contribution in [0.3, 0.4) is 0 Å². The van der Waals surface area contributed by atoms with Crippen LogP contribution in [0.25, 0.3) is 24.3 Å². The summed E-state index contributed by atoms with van der Waals surface area (Å²) in [6, 6.07) is 20.1. The Morgan fingerprint density at radius 2 is 1.34 bits per heavy atom. The zero-order valence-electron chi connectivity index (χ0n) is 16.6. The fourth-order valence-electron chi connectivity index (χ4n) is 3.31. The van der Waals surface area contributed by atoms with E-state index >= 15 is 0 Å². The molecule has 29 heavy (non-hydrogen) atoms. The molecule has 0 radical (unpaired) electrons. The first-order valence-corrected chi connectivity index (χ1v) is 9.41. The minimum atomic E-state index is 0.763. The predicted molar refractivity (Wildman–Crippen MR) is 127 cm³/mol. The van der Waals surface area contributed by atoms with Crippen molar-refractivity contribution < 1.29 is 0 Å². The van der Waals surface area contributed by atoms with Crippen LogP contribution >= 0.6 is 0 Å². The van der Waals surface area contributed by atoms with Gasteiger partial charge in [-0.2, -0.15) is 0 Å². The van der Waals surface area contributed by atoms with Gasteiger partial charge in [-0.25, -0.2) is 0 Å². The highest BCUT2D eigenvalue weighted by Crippen LogP contribution is 2.30. The second kappa shape index (κ2) is 9.27. The maximum Gasteiger partial charge on any atom is 0.0490 e. The topological polar surface area (TPSA) is 0 Å². The van der Waals surface area contributed by atoms with Crippen LogP contribution in [0.15, 0.2) is 73.8 Å². The number of benzene rings is 3. The Morgan fingerprint density at radius 1 is 0.724 bits per heavy atom. The van der Waals surface area contributed by atoms with E-state index in [9.17, 15) is 0 Å². The van der Waals surface area contributed by atoms with Crippen molar-refractivity contribution >= 4 is 24.3 Å². The third kappa shape index (κ3) is 4.30. The second-order valence-corrected chi connectivity index (χ2v) is 6.53. The first-order chi connectivity index (χ1) is 14.2. The van der Waals surface area contributed by atoms with Crippen molar-refractivity contribution in [2.45, 2.75) is 6.92 Å². The molecule has 138 valence electrons. The van der Waals surface area contributed by atoms with Gasteiger partial charge in [-0.15, -0.1) is 6.42 Å². The van der Waals surface area contributed by atoms with Crippen molar-refractivity contribution in [1.29, 1.82) is 0 Å². The highest BCUT2D eigenvalue weighted by atomic mass is 14.2. The Kier molecular flexibility index (Phi) is 6.32. The SMILES string of the molecule is C#Cc1c(C#Cc2ccccc2)c(C=Cc2ccccc2)c(C=C)c(C)c1C=C. The molecule has 0 heterocycles. The maximum absolute atomic E-state index is 5.92. The minimum absolute atomic E-state index is 0.763. The smallest absolute Gasteiger partial charge is 0.0490 e. The van der Waals surface area contributed by atoms with E-state index < -0.39 is 0 Å². The van der Waals surface area contributed by atoms with Gasteiger partial charge < -0.3 is 0 Å². The van der Waals surface area contributed by atoms with Gasteiger partial charge in [0.05, 0.1) is 0 Å². The third-order valence-electron chi connectivity index (χ3n) is 4.79. The Balaban J connectivity index is 2.29. The van der Waals surface area contributed by atoms with Gasteiger partial charge in [-0.3, -0.25) is 0 Å². The van der Waals surface area contributed by atoms with Gasteiger partial charge in [0.2, 0.25) is 0 Å². The quantitative estimate of drug-likeness (QED) is 0.349. The van der Waals surface area contributed by atoms with Crippen molar-refractivity contribution in [1.82, 2.24) is 0 Å². The van der Waals surface area contributed by atoms with Crippen molar-refractivity contribution in [2.75, 3.05) is 0 Å². The maximum atomic E-state index is 5.92. The fraction of sp³-hybridized carbons (Fsp3) is 0.0345. The molecule has 0 heteroatoms. The van der Waals surface area contributed by atoms with Crippen LogP contribution in [0.5, 0.6) is 0 Å². The lowest BCUT2D eigenvalue weighted by atomic mass is 9.86. The average Bonchev–Trinajstić information content (AvgIpc) is 2.77. The van der Waals surface area contributed by atoms with Gasteiger partial charge in [0.25, 0.3) is 0 Å². The summed E-state index contributed by atoms with van der Waals surface area (Å²) in [5.41, 5.74) is 7.61. The van der Waals surface area contributed by atoms with Crippen molar-refractivity contribution in [2.24, 2.45) is 0 Å². The summed E-state index contributed by atoms with van der Waals surface area (Å²) in [6.07, 6.45) is 13.7. The standard InChI is InChI=1S/C29H22/c1-5-25-22(4)26(6-2)28(20-18-23-14-10-8-11-15-23)29(27(25)7-3)21-19-24-16-12-9-13-17-24/h3,5-6,8-18,20H,1-2H2,4H3. The Morgan fingerprint density at radius 3 is 1.93 bits per heavy atom. The highest BCUT2D eigenvalue weighted by molar-refractivity contribution is 5.85. The third-order valence-corrected chi connectivity index (χ3v) is 4.79. The first kappa shape index (κ1) is 19.8. The van der Waals surface area contributed by atoms with E-state index in [0.29, 0.717) is 0 Å². The van der Waals surface area contributed by atoms with E-state index in [1.807, 2.05) is 61.5 Å². The summed E-state index contributed by atoms with van der Waals surface area (Å²) in [4.78, 5) is 0. The lowest BCUT2D eigenvalue weighted by Crippen LogP contribution is -2.01. The normalized spacial score (nSPS) is 10.1. The fourth-order valence-corrected chi connectivity index (χ4v) is 3.31. The summed E-state index contributed by atoms with van der Waals surface area (Å²) in [6.45, 7) is 10.0. The monoisotopic (exact) mass is 370 g/mol. The molecule has 0 nitrogen and oxygen atoms in total. The minimum Gasteiger partial charge on any atom is -0.115 e. The molecule has 0 aliphatic heterocycles. The summed E-state index contributed by atoms with van der Waals surface area (Å²) < 4.78 is 0. The summed E-state index contributed by atoms with van der Waals surface area (Å²) >= 11 is 0. The summed E-state index contributed by atoms with van der Waals surface area (Å²) in [5, 5.41) is 0. The summed E-state index contributed by atoms with van der Waals surface area (Å²) in [5.74, 6) is 9.41. The van der Waals surface area contributed by atoms with E-state index in [1.54, 1.807) is 6.08 Å². The van der Waals surface area contributed by atoms with Gasteiger partial charge >= 0.3 is 0 Å². The molecule has 3 aromatic rings. The highest BCUT2D eigenvalue weighted by Gasteiger charge is 2.15. The Bertz CT molecular complexity index is 1170. The van der Waals surface area contributed by atoms with Gasteiger partial charge in [0.1, 0.15) is 0 Å². The second-order valence-electron chi connectivity index (χ2n) is 6.53. The Labute approximate surface area is 173 Å². The van der Waals surface area contributed by atoms with Crippen LogP contribution in [-0.4, -0.2) is 0 Å². The van der Waals surface area contributed by atoms with Crippen LogP contribution in [0.2, 0.25) is 0 Å². The molecule has 0 aliphatic carbocycles. The average molecular weight is 370 g/mol. The first-order valence-electron chi connectivity index (χ1n) is 9.41. The van der Waals surface area contributed by atoms with Gasteiger partial charge in [-0.1, -0.05) is 104 Å². The number of hydrogen-bond acceptors (Lipinski definition) is 0. The van der Waals surface area contributed by atoms with E-state index in [2.05, 4.69) is 55.2 Å². The molecule has 0 spiro atoms. The van der Waals surface area contributed by atoms with Crippen LogP contribution in [0, 0.1) is 31.1 Å². The van der Waals surface area contributed by atoms with E-state index in [0.717, 1.165) is 44.5 Å². The van der Waals surface area contributed by atoms with E-state index in [-0.39, 0.29) is 0 Å². The Hall–Kier alpha value is -4.00. The summed E-state index contributed by atoms with van der Waals surface area (Å²) in [7, 11) is 0. The molecule has 0 aromatic heterocycles. The molecular weight excluding hydrogens is 348 g/mol. The van der Waals surface area contributed by atoms with Crippen LogP contribution in [0.1, 0.15) is 44.5 Å². The molecule has 0 atom stereocenters. The molecular formula is C29H22. The number of rotatable bonds is 4. The van der Waals surface area contributed by atoms with Crippen molar-refractivity contribution in [3.63, 3.8) is 0 Å². The molecule has 3 aromatic carbocycles. The van der Waals surface area contributed by atoms with Crippen LogP contribution < -0.4 is 0 Å². The lowest BCUT2D eigenvalue weighted by Gasteiger charge is -2.16. The zero-order chi connectivity index (χ0) is 20.6. The molecule has 0 saturated carbocycles. The molecule has 0 amide bonds. The predicted octanol–water partition coefficient (Wildman–Crippen LogP) is 6.83. The van der Waals surface area contributed by atoms with Crippen LogP contribution in [0.4, 0.5) is 0 Å². The van der Waals surface area contributed by atoms with Gasteiger partial charge in [-0.05, 0) is 46.9 Å². The number of terminal acetylenes is 1. The zero-order valence-corrected chi connectivity index (χ0v) is 16.6.